The number of rotatable bonds is 1. The van der Waals surface area contributed by atoms with Crippen molar-refractivity contribution in [2.75, 3.05) is 5.75 Å². The number of carbonyl (C=O) groups excluding carboxylic acids is 1. The van der Waals surface area contributed by atoms with Crippen molar-refractivity contribution < 1.29 is 4.79 Å². The van der Waals surface area contributed by atoms with Crippen molar-refractivity contribution in [2.45, 2.75) is 13.8 Å². The number of thioether (sulfide) groups is 1. The molecule has 92 valence electrons. The van der Waals surface area contributed by atoms with Gasteiger partial charge in [-0.1, -0.05) is 11.8 Å². The van der Waals surface area contributed by atoms with E-state index in [1.807, 2.05) is 19.1 Å². The Kier molecular flexibility index (Phi) is 2.45. The number of nitrogens with zero attached hydrogens (tertiary/aromatic N) is 1. The van der Waals surface area contributed by atoms with Gasteiger partial charge in [-0.25, -0.2) is 4.98 Å². The standard InChI is InChI=1S/C13H13N3OS/c1-6-3-8-9(4-7(6)2)16-13(15-8)11-10(17)5-18-12(11)14/h3-4H,5,14H2,1-2H3,(H,15,16). The largest absolute Gasteiger partial charge is 0.393 e. The monoisotopic (exact) mass is 259 g/mol. The van der Waals surface area contributed by atoms with Crippen LogP contribution in [0.1, 0.15) is 17.0 Å². The Morgan fingerprint density at radius 2 is 2.06 bits per heavy atom. The van der Waals surface area contributed by atoms with Crippen molar-refractivity contribution in [1.29, 1.82) is 0 Å². The van der Waals surface area contributed by atoms with Crippen LogP contribution in [0.5, 0.6) is 0 Å². The number of aromatic nitrogens is 2. The van der Waals surface area contributed by atoms with E-state index in [4.69, 9.17) is 5.73 Å². The van der Waals surface area contributed by atoms with Gasteiger partial charge in [-0.05, 0) is 37.1 Å². The van der Waals surface area contributed by atoms with Gasteiger partial charge in [0.2, 0.25) is 0 Å². The molecule has 1 aromatic heterocycles. The Bertz CT molecular complexity index is 661. The van der Waals surface area contributed by atoms with E-state index in [0.717, 1.165) is 11.0 Å². The number of Topliss-reactive ketones (excluding diaryl/α,β-unsaturated/α-hetero) is 1. The summed E-state index contributed by atoms with van der Waals surface area (Å²) < 4.78 is 0. The van der Waals surface area contributed by atoms with Crippen molar-refractivity contribution in [2.24, 2.45) is 5.73 Å². The number of nitrogens with two attached hydrogens (primary N) is 1. The highest BCUT2D eigenvalue weighted by Gasteiger charge is 2.25. The predicted molar refractivity (Wildman–Crippen MR) is 74.1 cm³/mol. The maximum atomic E-state index is 11.8. The average molecular weight is 259 g/mol. The van der Waals surface area contributed by atoms with Gasteiger partial charge in [-0.2, -0.15) is 0 Å². The summed E-state index contributed by atoms with van der Waals surface area (Å²) in [6, 6.07) is 4.07. The maximum Gasteiger partial charge on any atom is 0.179 e. The van der Waals surface area contributed by atoms with Gasteiger partial charge in [0.05, 0.1) is 27.4 Å². The first kappa shape index (κ1) is 11.3. The molecule has 1 aromatic carbocycles. The number of aryl methyl sites for hydroxylation is 2. The van der Waals surface area contributed by atoms with Crippen LogP contribution >= 0.6 is 11.8 Å². The lowest BCUT2D eigenvalue weighted by Crippen LogP contribution is -2.03. The van der Waals surface area contributed by atoms with E-state index in [2.05, 4.69) is 16.9 Å². The van der Waals surface area contributed by atoms with E-state index in [-0.39, 0.29) is 5.78 Å². The lowest BCUT2D eigenvalue weighted by Gasteiger charge is -1.97. The van der Waals surface area contributed by atoms with Crippen LogP contribution in [0.2, 0.25) is 0 Å². The molecule has 0 saturated heterocycles. The summed E-state index contributed by atoms with van der Waals surface area (Å²) in [4.78, 5) is 19.4. The van der Waals surface area contributed by atoms with Gasteiger partial charge in [0.15, 0.2) is 5.78 Å². The van der Waals surface area contributed by atoms with Gasteiger partial charge in [0, 0.05) is 0 Å². The lowest BCUT2D eigenvalue weighted by atomic mass is 10.1. The van der Waals surface area contributed by atoms with E-state index in [1.54, 1.807) is 0 Å². The Labute approximate surface area is 109 Å². The van der Waals surface area contributed by atoms with E-state index < -0.39 is 0 Å². The molecule has 0 amide bonds. The van der Waals surface area contributed by atoms with Crippen molar-refractivity contribution in [1.82, 2.24) is 9.97 Å². The molecule has 2 aromatic rings. The molecular weight excluding hydrogens is 246 g/mol. The number of carbonyl (C=O) groups is 1. The smallest absolute Gasteiger partial charge is 0.179 e. The maximum absolute atomic E-state index is 11.8. The summed E-state index contributed by atoms with van der Waals surface area (Å²) in [6.07, 6.45) is 0. The summed E-state index contributed by atoms with van der Waals surface area (Å²) >= 11 is 1.37. The zero-order valence-electron chi connectivity index (χ0n) is 10.2. The minimum Gasteiger partial charge on any atom is -0.393 e. The number of fused-ring (bicyclic) bond motifs is 1. The molecule has 18 heavy (non-hydrogen) atoms. The van der Waals surface area contributed by atoms with Crippen molar-refractivity contribution in [3.05, 3.63) is 34.1 Å². The summed E-state index contributed by atoms with van der Waals surface area (Å²) in [5.41, 5.74) is 10.6. The van der Waals surface area contributed by atoms with Gasteiger partial charge >= 0.3 is 0 Å². The van der Waals surface area contributed by atoms with Crippen molar-refractivity contribution >= 4 is 34.2 Å². The predicted octanol–water partition coefficient (Wildman–Crippen LogP) is 2.12. The second kappa shape index (κ2) is 3.88. The molecule has 4 nitrogen and oxygen atoms in total. The van der Waals surface area contributed by atoms with Gasteiger partial charge < -0.3 is 10.7 Å². The zero-order valence-corrected chi connectivity index (χ0v) is 11.0. The molecule has 0 bridgehead atoms. The van der Waals surface area contributed by atoms with Crippen LogP contribution in [0.4, 0.5) is 0 Å². The molecule has 1 aliphatic rings. The van der Waals surface area contributed by atoms with Crippen molar-refractivity contribution in [3.63, 3.8) is 0 Å². The summed E-state index contributed by atoms with van der Waals surface area (Å²) in [5, 5.41) is 0.563. The van der Waals surface area contributed by atoms with Crippen LogP contribution in [0.25, 0.3) is 16.6 Å². The normalized spacial score (nSPS) is 16.0. The third-order valence-corrected chi connectivity index (χ3v) is 4.14. The number of hydrogen-bond acceptors (Lipinski definition) is 4. The number of H-pyrrole nitrogens is 1. The summed E-state index contributed by atoms with van der Waals surface area (Å²) in [7, 11) is 0. The summed E-state index contributed by atoms with van der Waals surface area (Å²) in [6.45, 7) is 4.10. The third-order valence-electron chi connectivity index (χ3n) is 3.22. The average Bonchev–Trinajstić information content (AvgIpc) is 2.83. The highest BCUT2D eigenvalue weighted by atomic mass is 32.2. The van der Waals surface area contributed by atoms with Gasteiger partial charge in [-0.15, -0.1) is 0 Å². The first-order chi connectivity index (χ1) is 8.56. The molecule has 0 spiro atoms. The van der Waals surface area contributed by atoms with Crippen LogP contribution in [-0.4, -0.2) is 21.5 Å². The molecule has 3 N–H and O–H groups in total. The molecule has 0 fully saturated rings. The minimum atomic E-state index is 0.0463. The molecular formula is C13H13N3OS. The Balaban J connectivity index is 2.20. The van der Waals surface area contributed by atoms with Crippen LogP contribution in [0.15, 0.2) is 17.2 Å². The number of hydrogen-bond donors (Lipinski definition) is 2. The SMILES string of the molecule is Cc1cc2nc(C3=C(N)SCC3=O)[nH]c2cc1C. The van der Waals surface area contributed by atoms with Gasteiger partial charge in [0.1, 0.15) is 5.82 Å². The van der Waals surface area contributed by atoms with E-state index in [9.17, 15) is 4.79 Å². The fourth-order valence-corrected chi connectivity index (χ4v) is 2.85. The second-order valence-electron chi connectivity index (χ2n) is 4.49. The summed E-state index contributed by atoms with van der Waals surface area (Å²) in [5.74, 6) is 1.04. The molecule has 5 heteroatoms. The quantitative estimate of drug-likeness (QED) is 0.823. The first-order valence-corrected chi connectivity index (χ1v) is 6.68. The third kappa shape index (κ3) is 1.62. The lowest BCUT2D eigenvalue weighted by molar-refractivity contribution is -0.111. The van der Waals surface area contributed by atoms with E-state index in [0.29, 0.717) is 22.2 Å². The zero-order chi connectivity index (χ0) is 12.9. The van der Waals surface area contributed by atoms with Gasteiger partial charge in [0.25, 0.3) is 0 Å². The van der Waals surface area contributed by atoms with Crippen LogP contribution in [0, 0.1) is 13.8 Å². The molecule has 1 aliphatic heterocycles. The van der Waals surface area contributed by atoms with E-state index in [1.165, 1.54) is 22.9 Å². The molecule has 0 radical (unpaired) electrons. The van der Waals surface area contributed by atoms with Crippen LogP contribution < -0.4 is 5.73 Å². The number of imidazole rings is 1. The Morgan fingerprint density at radius 3 is 2.72 bits per heavy atom. The second-order valence-corrected chi connectivity index (χ2v) is 5.51. The molecule has 0 saturated carbocycles. The van der Waals surface area contributed by atoms with E-state index >= 15 is 0 Å². The highest BCUT2D eigenvalue weighted by molar-refractivity contribution is 8.04. The van der Waals surface area contributed by atoms with Crippen LogP contribution in [0.3, 0.4) is 0 Å². The molecule has 0 aliphatic carbocycles. The number of nitrogens with one attached hydrogen (secondary N) is 1. The van der Waals surface area contributed by atoms with Gasteiger partial charge in [-0.3, -0.25) is 4.79 Å². The number of ketones is 1. The minimum absolute atomic E-state index is 0.0463. The number of allylic oxidation sites excluding steroid dienone is 1. The van der Waals surface area contributed by atoms with Crippen LogP contribution in [-0.2, 0) is 4.79 Å². The first-order valence-electron chi connectivity index (χ1n) is 5.69. The highest BCUT2D eigenvalue weighted by Crippen LogP contribution is 2.31. The number of aromatic amines is 1. The Hall–Kier alpha value is -1.75. The fraction of sp³-hybridized carbons (Fsp3) is 0.231. The molecule has 0 atom stereocenters. The molecule has 0 unspecified atom stereocenters. The topological polar surface area (TPSA) is 71.8 Å². The van der Waals surface area contributed by atoms with Crippen molar-refractivity contribution in [3.8, 4) is 0 Å². The number of benzene rings is 1. The fourth-order valence-electron chi connectivity index (χ4n) is 2.06. The Morgan fingerprint density at radius 1 is 1.33 bits per heavy atom. The molecule has 3 rings (SSSR count). The molecule has 2 heterocycles.